The van der Waals surface area contributed by atoms with Crippen molar-refractivity contribution in [3.8, 4) is 5.75 Å². The monoisotopic (exact) mass is 265 g/mol. The van der Waals surface area contributed by atoms with Crippen LogP contribution in [0.5, 0.6) is 5.75 Å². The van der Waals surface area contributed by atoms with E-state index in [0.29, 0.717) is 18.2 Å². The molecule has 0 bridgehead atoms. The van der Waals surface area contributed by atoms with Gasteiger partial charge in [0.1, 0.15) is 5.75 Å². The van der Waals surface area contributed by atoms with Gasteiger partial charge in [-0.2, -0.15) is 0 Å². The Morgan fingerprint density at radius 3 is 2.68 bits per heavy atom. The summed E-state index contributed by atoms with van der Waals surface area (Å²) in [5, 5.41) is 1.94. The second kappa shape index (κ2) is 6.54. The fourth-order valence-electron chi connectivity index (χ4n) is 2.19. The van der Waals surface area contributed by atoms with Gasteiger partial charge in [-0.1, -0.05) is 0 Å². The molecule has 1 aromatic rings. The highest BCUT2D eigenvalue weighted by molar-refractivity contribution is 5.89. The van der Waals surface area contributed by atoms with Crippen LogP contribution in [0.1, 0.15) is 23.2 Å². The van der Waals surface area contributed by atoms with Crippen LogP contribution in [0.3, 0.4) is 0 Å². The number of methoxy groups -OCH3 is 2. The highest BCUT2D eigenvalue weighted by Gasteiger charge is 2.26. The first-order valence-corrected chi connectivity index (χ1v) is 6.36. The van der Waals surface area contributed by atoms with Crippen LogP contribution >= 0.6 is 0 Å². The molecule has 1 fully saturated rings. The first kappa shape index (κ1) is 13.8. The quantitative estimate of drug-likeness (QED) is 0.761. The normalized spacial score (nSPS) is 19.4. The molecule has 0 amide bonds. The number of carbonyl (C=O) groups is 1. The number of hydrogen-bond acceptors (Lipinski definition) is 5. The third-order valence-corrected chi connectivity index (χ3v) is 3.18. The standard InChI is InChI=1S/C14H19NO4/c1-17-10-12-4-3-9-15(12)19-13-7-5-11(6-8-13)14(16)18-2/h5-8,12H,3-4,9-10H2,1-2H3. The molecule has 104 valence electrons. The minimum atomic E-state index is -0.343. The summed E-state index contributed by atoms with van der Waals surface area (Å²) in [6.07, 6.45) is 2.18. The van der Waals surface area contributed by atoms with E-state index in [-0.39, 0.29) is 5.97 Å². The summed E-state index contributed by atoms with van der Waals surface area (Å²) < 4.78 is 9.83. The Hall–Kier alpha value is -1.59. The summed E-state index contributed by atoms with van der Waals surface area (Å²) in [7, 11) is 3.06. The zero-order valence-electron chi connectivity index (χ0n) is 11.3. The molecule has 5 heteroatoms. The van der Waals surface area contributed by atoms with Gasteiger partial charge in [-0.05, 0) is 37.1 Å². The largest absolute Gasteiger partial charge is 0.465 e. The van der Waals surface area contributed by atoms with Gasteiger partial charge in [-0.25, -0.2) is 4.79 Å². The summed E-state index contributed by atoms with van der Waals surface area (Å²) in [5.74, 6) is 0.376. The minimum absolute atomic E-state index is 0.297. The summed E-state index contributed by atoms with van der Waals surface area (Å²) in [4.78, 5) is 17.1. The van der Waals surface area contributed by atoms with Crippen LogP contribution in [0.4, 0.5) is 0 Å². The number of hydroxylamine groups is 2. The molecule has 1 atom stereocenters. The van der Waals surface area contributed by atoms with E-state index in [1.807, 2.05) is 5.06 Å². The van der Waals surface area contributed by atoms with Crippen molar-refractivity contribution in [2.75, 3.05) is 27.4 Å². The molecule has 1 aliphatic rings. The van der Waals surface area contributed by atoms with Gasteiger partial charge < -0.3 is 14.3 Å². The second-order valence-electron chi connectivity index (χ2n) is 4.50. The third-order valence-electron chi connectivity index (χ3n) is 3.18. The lowest BCUT2D eigenvalue weighted by Crippen LogP contribution is -2.35. The van der Waals surface area contributed by atoms with Crippen LogP contribution in [-0.4, -0.2) is 44.4 Å². The molecular formula is C14H19NO4. The van der Waals surface area contributed by atoms with Gasteiger partial charge in [0.2, 0.25) is 0 Å². The molecule has 0 spiro atoms. The Bertz CT molecular complexity index is 418. The molecule has 0 N–H and O–H groups in total. The van der Waals surface area contributed by atoms with E-state index in [1.165, 1.54) is 7.11 Å². The molecule has 1 aromatic carbocycles. The van der Waals surface area contributed by atoms with E-state index in [2.05, 4.69) is 4.74 Å². The summed E-state index contributed by atoms with van der Waals surface area (Å²) in [6.45, 7) is 1.56. The fraction of sp³-hybridized carbons (Fsp3) is 0.500. The summed E-state index contributed by atoms with van der Waals surface area (Å²) >= 11 is 0. The Labute approximate surface area is 113 Å². The van der Waals surface area contributed by atoms with E-state index in [9.17, 15) is 4.79 Å². The highest BCUT2D eigenvalue weighted by Crippen LogP contribution is 2.21. The van der Waals surface area contributed by atoms with Gasteiger partial charge in [0, 0.05) is 13.7 Å². The van der Waals surface area contributed by atoms with Crippen LogP contribution in [0, 0.1) is 0 Å². The van der Waals surface area contributed by atoms with Crippen molar-refractivity contribution < 1.29 is 19.1 Å². The van der Waals surface area contributed by atoms with Crippen molar-refractivity contribution in [2.45, 2.75) is 18.9 Å². The molecule has 0 aromatic heterocycles. The lowest BCUT2D eigenvalue weighted by Gasteiger charge is -2.23. The Morgan fingerprint density at radius 1 is 1.32 bits per heavy atom. The number of nitrogens with zero attached hydrogens (tertiary/aromatic N) is 1. The smallest absolute Gasteiger partial charge is 0.337 e. The Kier molecular flexibility index (Phi) is 4.76. The van der Waals surface area contributed by atoms with Crippen molar-refractivity contribution >= 4 is 5.97 Å². The topological polar surface area (TPSA) is 48.0 Å². The van der Waals surface area contributed by atoms with Gasteiger partial charge in [0.25, 0.3) is 0 Å². The third kappa shape index (κ3) is 3.45. The predicted octanol–water partition coefficient (Wildman–Crippen LogP) is 1.88. The molecule has 0 radical (unpaired) electrons. The average molecular weight is 265 g/mol. The van der Waals surface area contributed by atoms with E-state index in [0.717, 1.165) is 25.1 Å². The second-order valence-corrected chi connectivity index (χ2v) is 4.50. The minimum Gasteiger partial charge on any atom is -0.465 e. The number of ether oxygens (including phenoxy) is 2. The molecule has 1 unspecified atom stereocenters. The SMILES string of the molecule is COCC1CCCN1Oc1ccc(C(=O)OC)cc1. The van der Waals surface area contributed by atoms with Crippen molar-refractivity contribution in [1.82, 2.24) is 5.06 Å². The van der Waals surface area contributed by atoms with Crippen molar-refractivity contribution in [1.29, 1.82) is 0 Å². The Balaban J connectivity index is 1.97. The van der Waals surface area contributed by atoms with Crippen LogP contribution in [0.15, 0.2) is 24.3 Å². The van der Waals surface area contributed by atoms with Gasteiger partial charge in [0.05, 0.1) is 25.3 Å². The van der Waals surface area contributed by atoms with Gasteiger partial charge in [0.15, 0.2) is 0 Å². The van der Waals surface area contributed by atoms with Gasteiger partial charge in [-0.3, -0.25) is 0 Å². The van der Waals surface area contributed by atoms with Gasteiger partial charge in [-0.15, -0.1) is 5.06 Å². The van der Waals surface area contributed by atoms with Crippen LogP contribution in [0.25, 0.3) is 0 Å². The number of benzene rings is 1. The number of hydrogen-bond donors (Lipinski definition) is 0. The number of carbonyl (C=O) groups excluding carboxylic acids is 1. The maximum atomic E-state index is 11.3. The first-order valence-electron chi connectivity index (χ1n) is 6.36. The first-order chi connectivity index (χ1) is 9.24. The van der Waals surface area contributed by atoms with Crippen LogP contribution in [0.2, 0.25) is 0 Å². The van der Waals surface area contributed by atoms with E-state index in [1.54, 1.807) is 31.4 Å². The number of rotatable bonds is 5. The molecule has 1 aliphatic heterocycles. The van der Waals surface area contributed by atoms with Gasteiger partial charge >= 0.3 is 5.97 Å². The zero-order valence-corrected chi connectivity index (χ0v) is 11.3. The summed E-state index contributed by atoms with van der Waals surface area (Å²) in [5.41, 5.74) is 0.518. The maximum Gasteiger partial charge on any atom is 0.337 e. The molecule has 0 aliphatic carbocycles. The fourth-order valence-corrected chi connectivity index (χ4v) is 2.19. The zero-order chi connectivity index (χ0) is 13.7. The molecule has 2 rings (SSSR count). The van der Waals surface area contributed by atoms with E-state index >= 15 is 0 Å². The van der Waals surface area contributed by atoms with Crippen LogP contribution in [-0.2, 0) is 9.47 Å². The lowest BCUT2D eigenvalue weighted by atomic mass is 10.2. The summed E-state index contributed by atoms with van der Waals surface area (Å²) in [6, 6.07) is 7.24. The number of esters is 1. The molecule has 5 nitrogen and oxygen atoms in total. The maximum absolute atomic E-state index is 11.3. The highest BCUT2D eigenvalue weighted by atomic mass is 16.7. The van der Waals surface area contributed by atoms with E-state index < -0.39 is 0 Å². The predicted molar refractivity (Wildman–Crippen MR) is 70.0 cm³/mol. The van der Waals surface area contributed by atoms with Crippen LogP contribution < -0.4 is 4.84 Å². The van der Waals surface area contributed by atoms with Crippen molar-refractivity contribution in [2.24, 2.45) is 0 Å². The molecule has 0 saturated carbocycles. The van der Waals surface area contributed by atoms with E-state index in [4.69, 9.17) is 9.57 Å². The molecule has 1 heterocycles. The molecule has 19 heavy (non-hydrogen) atoms. The van der Waals surface area contributed by atoms with Crippen molar-refractivity contribution in [3.63, 3.8) is 0 Å². The Morgan fingerprint density at radius 2 is 2.05 bits per heavy atom. The molecule has 1 saturated heterocycles. The lowest BCUT2D eigenvalue weighted by molar-refractivity contribution is -0.0871. The molecular weight excluding hydrogens is 246 g/mol. The average Bonchev–Trinajstić information content (AvgIpc) is 2.86. The van der Waals surface area contributed by atoms with Crippen molar-refractivity contribution in [3.05, 3.63) is 29.8 Å².